The van der Waals surface area contributed by atoms with Gasteiger partial charge in [0.1, 0.15) is 5.75 Å². The summed E-state index contributed by atoms with van der Waals surface area (Å²) in [5, 5.41) is 0. The van der Waals surface area contributed by atoms with Crippen LogP contribution in [0.2, 0.25) is 0 Å². The third kappa shape index (κ3) is 2.79. The van der Waals surface area contributed by atoms with Crippen LogP contribution in [0.1, 0.15) is 22.3 Å². The fourth-order valence-corrected chi connectivity index (χ4v) is 5.90. The van der Waals surface area contributed by atoms with Gasteiger partial charge in [0.25, 0.3) is 0 Å². The molecule has 31 heavy (non-hydrogen) atoms. The molecule has 6 atom stereocenters. The highest BCUT2D eigenvalue weighted by molar-refractivity contribution is 6.22. The predicted molar refractivity (Wildman–Crippen MR) is 115 cm³/mol. The Kier molecular flexibility index (Phi) is 3.98. The van der Waals surface area contributed by atoms with Crippen LogP contribution in [0.25, 0.3) is 0 Å². The number of aryl methyl sites for hydroxylation is 1. The number of Topliss-reactive ketones (excluding diaryl/α,β-unsaturated/α-hetero) is 1. The van der Waals surface area contributed by atoms with Crippen molar-refractivity contribution in [3.05, 3.63) is 71.8 Å². The molecule has 2 aromatic rings. The predicted octanol–water partition coefficient (Wildman–Crippen LogP) is 3.81. The van der Waals surface area contributed by atoms with Gasteiger partial charge in [0, 0.05) is 11.6 Å². The van der Waals surface area contributed by atoms with Crippen molar-refractivity contribution in [2.45, 2.75) is 13.3 Å². The SMILES string of the molecule is Cc1ccc(C(=O)COc2cccc(N3C(=O)[C@@H]4[C@H]5C=C[C@@H]([C@@H]6C[C@@H]56)[C@H]4C3=O)c2)cc1. The van der Waals surface area contributed by atoms with Crippen LogP contribution < -0.4 is 9.64 Å². The number of carbonyl (C=O) groups is 3. The summed E-state index contributed by atoms with van der Waals surface area (Å²) < 4.78 is 5.71. The number of carbonyl (C=O) groups excluding carboxylic acids is 3. The Morgan fingerprint density at radius 1 is 0.968 bits per heavy atom. The van der Waals surface area contributed by atoms with Gasteiger partial charge in [-0.25, -0.2) is 4.90 Å². The molecule has 2 amide bonds. The first-order valence-electron chi connectivity index (χ1n) is 10.9. The standard InChI is InChI=1S/C26H23NO4/c1-14-5-7-15(8-6-14)22(28)13-31-17-4-2-3-16(11-17)27-25(29)23-18-9-10-19(21-12-20(18)21)24(23)26(27)30/h2-11,18-21,23-24H,12-13H2,1H3/t18-,19-,20-,21-,23+,24+/m0/s1. The van der Waals surface area contributed by atoms with E-state index in [1.54, 1.807) is 36.4 Å². The number of hydrogen-bond donors (Lipinski definition) is 0. The fraction of sp³-hybridized carbons (Fsp3) is 0.346. The monoisotopic (exact) mass is 413 g/mol. The maximum Gasteiger partial charge on any atom is 0.238 e. The summed E-state index contributed by atoms with van der Waals surface area (Å²) >= 11 is 0. The van der Waals surface area contributed by atoms with Crippen LogP contribution in [0.4, 0.5) is 5.69 Å². The van der Waals surface area contributed by atoms with Gasteiger partial charge >= 0.3 is 0 Å². The van der Waals surface area contributed by atoms with Crippen molar-refractivity contribution in [2.75, 3.05) is 11.5 Å². The first kappa shape index (κ1) is 18.6. The topological polar surface area (TPSA) is 63.7 Å². The molecular formula is C26H23NO4. The third-order valence-corrected chi connectivity index (χ3v) is 7.48. The molecule has 7 rings (SSSR count). The minimum absolute atomic E-state index is 0.0902. The molecule has 4 aliphatic carbocycles. The lowest BCUT2D eigenvalue weighted by molar-refractivity contribution is -0.124. The Labute approximate surface area is 180 Å². The second kappa shape index (κ2) is 6.64. The van der Waals surface area contributed by atoms with Gasteiger partial charge in [-0.15, -0.1) is 0 Å². The number of ketones is 1. The van der Waals surface area contributed by atoms with E-state index in [2.05, 4.69) is 12.2 Å². The van der Waals surface area contributed by atoms with Crippen molar-refractivity contribution in [3.8, 4) is 5.75 Å². The molecule has 2 saturated carbocycles. The molecule has 0 aromatic heterocycles. The third-order valence-electron chi connectivity index (χ3n) is 7.48. The highest BCUT2D eigenvalue weighted by Gasteiger charge is 2.67. The minimum Gasteiger partial charge on any atom is -0.485 e. The highest BCUT2D eigenvalue weighted by atomic mass is 16.5. The zero-order chi connectivity index (χ0) is 21.3. The van der Waals surface area contributed by atoms with Crippen molar-refractivity contribution < 1.29 is 19.1 Å². The number of allylic oxidation sites excluding steroid dienone is 2. The summed E-state index contributed by atoms with van der Waals surface area (Å²) in [5.41, 5.74) is 2.21. The average Bonchev–Trinajstić information content (AvgIpc) is 3.56. The van der Waals surface area contributed by atoms with E-state index >= 15 is 0 Å². The first-order chi connectivity index (χ1) is 15.0. The van der Waals surface area contributed by atoms with Gasteiger partial charge in [0.05, 0.1) is 17.5 Å². The minimum atomic E-state index is -0.223. The molecule has 5 nitrogen and oxygen atoms in total. The number of benzene rings is 2. The first-order valence-corrected chi connectivity index (χ1v) is 10.9. The van der Waals surface area contributed by atoms with E-state index in [0.29, 0.717) is 28.8 Å². The number of nitrogens with zero attached hydrogens (tertiary/aromatic N) is 1. The Bertz CT molecular complexity index is 1100. The van der Waals surface area contributed by atoms with E-state index in [1.165, 1.54) is 4.90 Å². The van der Waals surface area contributed by atoms with Crippen molar-refractivity contribution in [1.82, 2.24) is 0 Å². The van der Waals surface area contributed by atoms with E-state index < -0.39 is 0 Å². The van der Waals surface area contributed by atoms with Crippen LogP contribution in [0, 0.1) is 42.4 Å². The van der Waals surface area contributed by atoms with Crippen LogP contribution >= 0.6 is 0 Å². The Hall–Kier alpha value is -3.21. The molecule has 2 aromatic carbocycles. The molecule has 156 valence electrons. The highest BCUT2D eigenvalue weighted by Crippen LogP contribution is 2.65. The van der Waals surface area contributed by atoms with Crippen LogP contribution in [0.3, 0.4) is 0 Å². The summed E-state index contributed by atoms with van der Waals surface area (Å²) in [5.74, 6) is 1.29. The normalized spacial score (nSPS) is 32.1. The maximum absolute atomic E-state index is 13.3. The molecule has 3 fully saturated rings. The van der Waals surface area contributed by atoms with E-state index in [0.717, 1.165) is 12.0 Å². The average molecular weight is 413 g/mol. The number of imide groups is 1. The van der Waals surface area contributed by atoms with Crippen molar-refractivity contribution in [1.29, 1.82) is 0 Å². The van der Waals surface area contributed by atoms with Gasteiger partial charge in [-0.2, -0.15) is 0 Å². The van der Waals surface area contributed by atoms with Gasteiger partial charge in [0.2, 0.25) is 11.8 Å². The number of amides is 2. The van der Waals surface area contributed by atoms with Gasteiger partial charge < -0.3 is 4.74 Å². The van der Waals surface area contributed by atoms with Gasteiger partial charge in [-0.1, -0.05) is 48.0 Å². The van der Waals surface area contributed by atoms with E-state index in [4.69, 9.17) is 4.74 Å². The molecule has 1 saturated heterocycles. The van der Waals surface area contributed by atoms with Crippen LogP contribution in [0.5, 0.6) is 5.75 Å². The molecule has 0 unspecified atom stereocenters. The summed E-state index contributed by atoms with van der Waals surface area (Å²) in [6.45, 7) is 1.87. The van der Waals surface area contributed by atoms with Crippen LogP contribution in [-0.4, -0.2) is 24.2 Å². The van der Waals surface area contributed by atoms with Gasteiger partial charge in [-0.05, 0) is 49.1 Å². The van der Waals surface area contributed by atoms with E-state index in [9.17, 15) is 14.4 Å². The fourth-order valence-electron chi connectivity index (χ4n) is 5.90. The summed E-state index contributed by atoms with van der Waals surface area (Å²) in [4.78, 5) is 40.3. The number of ether oxygens (including phenoxy) is 1. The van der Waals surface area contributed by atoms with Crippen molar-refractivity contribution in [3.63, 3.8) is 0 Å². The molecular weight excluding hydrogens is 390 g/mol. The Morgan fingerprint density at radius 3 is 2.26 bits per heavy atom. The smallest absolute Gasteiger partial charge is 0.238 e. The van der Waals surface area contributed by atoms with Crippen molar-refractivity contribution >= 4 is 23.3 Å². The number of rotatable bonds is 5. The lowest BCUT2D eigenvalue weighted by Crippen LogP contribution is -2.40. The van der Waals surface area contributed by atoms with Gasteiger partial charge in [0.15, 0.2) is 12.4 Å². The maximum atomic E-state index is 13.3. The van der Waals surface area contributed by atoms with Gasteiger partial charge in [-0.3, -0.25) is 14.4 Å². The molecule has 0 radical (unpaired) electrons. The Morgan fingerprint density at radius 2 is 1.61 bits per heavy atom. The summed E-state index contributed by atoms with van der Waals surface area (Å²) in [6.07, 6.45) is 5.49. The number of anilines is 1. The quantitative estimate of drug-likeness (QED) is 0.425. The van der Waals surface area contributed by atoms with Crippen molar-refractivity contribution in [2.24, 2.45) is 35.5 Å². The lowest BCUT2D eigenvalue weighted by atomic mass is 9.63. The molecule has 5 heteroatoms. The summed E-state index contributed by atoms with van der Waals surface area (Å²) in [6, 6.07) is 14.3. The molecule has 5 aliphatic rings. The van der Waals surface area contributed by atoms with Crippen LogP contribution in [-0.2, 0) is 9.59 Å². The van der Waals surface area contributed by atoms with E-state index in [-0.39, 0.29) is 47.9 Å². The zero-order valence-corrected chi connectivity index (χ0v) is 17.2. The molecule has 2 bridgehead atoms. The molecule has 0 N–H and O–H groups in total. The molecule has 1 aliphatic heterocycles. The second-order valence-electron chi connectivity index (χ2n) is 9.24. The number of hydrogen-bond acceptors (Lipinski definition) is 4. The lowest BCUT2D eigenvalue weighted by Gasteiger charge is -2.37. The molecule has 1 heterocycles. The molecule has 0 spiro atoms. The largest absolute Gasteiger partial charge is 0.485 e. The zero-order valence-electron chi connectivity index (χ0n) is 17.2. The van der Waals surface area contributed by atoms with Crippen LogP contribution in [0.15, 0.2) is 60.7 Å². The van der Waals surface area contributed by atoms with E-state index in [1.807, 2.05) is 19.1 Å². The Balaban J connectivity index is 1.20. The second-order valence-corrected chi connectivity index (χ2v) is 9.24. The summed E-state index contributed by atoms with van der Waals surface area (Å²) in [7, 11) is 0.